The molecular formula is C18H20N4O3S. The van der Waals surface area contributed by atoms with Gasteiger partial charge in [0.15, 0.2) is 5.13 Å². The van der Waals surface area contributed by atoms with E-state index in [1.54, 1.807) is 56.6 Å². The van der Waals surface area contributed by atoms with Crippen molar-refractivity contribution in [3.8, 4) is 6.07 Å². The molecular weight excluding hydrogens is 352 g/mol. The Morgan fingerprint density at radius 1 is 1.35 bits per heavy atom. The van der Waals surface area contributed by atoms with E-state index in [0.717, 1.165) is 0 Å². The fraction of sp³-hybridized carbons (Fsp3) is 0.333. The smallest absolute Gasteiger partial charge is 0.408 e. The van der Waals surface area contributed by atoms with Crippen molar-refractivity contribution in [3.05, 3.63) is 47.0 Å². The minimum atomic E-state index is -0.914. The molecule has 1 heterocycles. The second-order valence-corrected chi connectivity index (χ2v) is 7.39. The van der Waals surface area contributed by atoms with E-state index in [-0.39, 0.29) is 6.42 Å². The van der Waals surface area contributed by atoms with E-state index in [1.807, 2.05) is 0 Å². The molecule has 2 N–H and O–H groups in total. The van der Waals surface area contributed by atoms with Gasteiger partial charge in [0.05, 0.1) is 11.6 Å². The number of carbonyl (C=O) groups is 2. The zero-order chi connectivity index (χ0) is 19.2. The van der Waals surface area contributed by atoms with Crippen LogP contribution in [0.25, 0.3) is 0 Å². The highest BCUT2D eigenvalue weighted by molar-refractivity contribution is 7.13. The summed E-state index contributed by atoms with van der Waals surface area (Å²) in [6.45, 7) is 5.21. The molecule has 0 spiro atoms. The maximum Gasteiger partial charge on any atom is 0.408 e. The number of anilines is 1. The van der Waals surface area contributed by atoms with Crippen molar-refractivity contribution in [2.75, 3.05) is 5.32 Å². The van der Waals surface area contributed by atoms with Crippen molar-refractivity contribution in [2.45, 2.75) is 38.8 Å². The van der Waals surface area contributed by atoms with Gasteiger partial charge in [-0.15, -0.1) is 11.3 Å². The van der Waals surface area contributed by atoms with Crippen LogP contribution in [0.15, 0.2) is 35.8 Å². The van der Waals surface area contributed by atoms with Crippen LogP contribution in [0.1, 0.15) is 31.9 Å². The summed E-state index contributed by atoms with van der Waals surface area (Å²) in [6.07, 6.45) is 1.02. The van der Waals surface area contributed by atoms with Crippen molar-refractivity contribution in [2.24, 2.45) is 0 Å². The summed E-state index contributed by atoms with van der Waals surface area (Å²) < 4.78 is 5.24. The third-order valence-corrected chi connectivity index (χ3v) is 3.92. The summed E-state index contributed by atoms with van der Waals surface area (Å²) in [4.78, 5) is 28.8. The van der Waals surface area contributed by atoms with Gasteiger partial charge in [-0.1, -0.05) is 18.2 Å². The number of carbonyl (C=O) groups excluding carboxylic acids is 2. The number of amides is 2. The van der Waals surface area contributed by atoms with Gasteiger partial charge in [0.25, 0.3) is 0 Å². The Balaban J connectivity index is 2.18. The van der Waals surface area contributed by atoms with Gasteiger partial charge in [0.2, 0.25) is 5.91 Å². The number of hydrogen-bond donors (Lipinski definition) is 2. The van der Waals surface area contributed by atoms with E-state index in [0.29, 0.717) is 16.3 Å². The zero-order valence-electron chi connectivity index (χ0n) is 14.8. The largest absolute Gasteiger partial charge is 0.444 e. The SMILES string of the molecule is CC(C)(C)OC(=O)N[C@@H](Cc1ccccc1C#N)C(=O)Nc1nccs1. The lowest BCUT2D eigenvalue weighted by molar-refractivity contribution is -0.118. The molecule has 136 valence electrons. The fourth-order valence-electron chi connectivity index (χ4n) is 2.16. The summed E-state index contributed by atoms with van der Waals surface area (Å²) >= 11 is 1.27. The highest BCUT2D eigenvalue weighted by atomic mass is 32.1. The Morgan fingerprint density at radius 2 is 2.08 bits per heavy atom. The summed E-state index contributed by atoms with van der Waals surface area (Å²) in [5.41, 5.74) is 0.418. The van der Waals surface area contributed by atoms with Crippen LogP contribution in [0.5, 0.6) is 0 Å². The van der Waals surface area contributed by atoms with Gasteiger partial charge in [-0.3, -0.25) is 4.79 Å². The molecule has 0 radical (unpaired) electrons. The predicted octanol–water partition coefficient (Wildman–Crippen LogP) is 3.09. The molecule has 26 heavy (non-hydrogen) atoms. The first-order valence-corrected chi connectivity index (χ1v) is 8.84. The number of nitriles is 1. The van der Waals surface area contributed by atoms with Crippen molar-refractivity contribution in [1.29, 1.82) is 5.26 Å². The number of ether oxygens (including phenoxy) is 1. The van der Waals surface area contributed by atoms with E-state index in [9.17, 15) is 14.9 Å². The average molecular weight is 372 g/mol. The molecule has 0 saturated carbocycles. The van der Waals surface area contributed by atoms with Gasteiger partial charge in [-0.2, -0.15) is 5.26 Å². The van der Waals surface area contributed by atoms with Gasteiger partial charge in [0, 0.05) is 18.0 Å². The van der Waals surface area contributed by atoms with Crippen molar-refractivity contribution >= 4 is 28.5 Å². The molecule has 8 heteroatoms. The van der Waals surface area contributed by atoms with Gasteiger partial charge in [-0.25, -0.2) is 9.78 Å². The summed E-state index contributed by atoms with van der Waals surface area (Å²) in [5.74, 6) is -0.432. The van der Waals surface area contributed by atoms with Crippen LogP contribution in [-0.4, -0.2) is 28.6 Å². The van der Waals surface area contributed by atoms with Crippen molar-refractivity contribution in [3.63, 3.8) is 0 Å². The third-order valence-electron chi connectivity index (χ3n) is 3.23. The average Bonchev–Trinajstić information content (AvgIpc) is 3.06. The fourth-order valence-corrected chi connectivity index (χ4v) is 2.70. The van der Waals surface area contributed by atoms with Crippen molar-refractivity contribution < 1.29 is 14.3 Å². The second-order valence-electron chi connectivity index (χ2n) is 6.50. The molecule has 0 saturated heterocycles. The molecule has 2 amide bonds. The number of alkyl carbamates (subject to hydrolysis) is 1. The lowest BCUT2D eigenvalue weighted by atomic mass is 10.0. The highest BCUT2D eigenvalue weighted by Gasteiger charge is 2.26. The lowest BCUT2D eigenvalue weighted by Crippen LogP contribution is -2.47. The molecule has 0 aliphatic heterocycles. The molecule has 1 atom stereocenters. The molecule has 1 aromatic carbocycles. The van der Waals surface area contributed by atoms with Crippen LogP contribution in [0.4, 0.5) is 9.93 Å². The number of hydrogen-bond acceptors (Lipinski definition) is 6. The predicted molar refractivity (Wildman–Crippen MR) is 98.8 cm³/mol. The Hall–Kier alpha value is -2.92. The topological polar surface area (TPSA) is 104 Å². The number of nitrogens with one attached hydrogen (secondary N) is 2. The Labute approximate surface area is 156 Å². The molecule has 2 aromatic rings. The number of benzene rings is 1. The molecule has 7 nitrogen and oxygen atoms in total. The Bertz CT molecular complexity index is 807. The summed E-state index contributed by atoms with van der Waals surface area (Å²) in [6, 6.07) is 8.11. The van der Waals surface area contributed by atoms with E-state index in [4.69, 9.17) is 4.74 Å². The Kier molecular flexibility index (Phi) is 6.31. The van der Waals surface area contributed by atoms with Crippen LogP contribution < -0.4 is 10.6 Å². The first-order valence-electron chi connectivity index (χ1n) is 7.96. The zero-order valence-corrected chi connectivity index (χ0v) is 15.6. The normalized spacial score (nSPS) is 11.9. The monoisotopic (exact) mass is 372 g/mol. The minimum absolute atomic E-state index is 0.153. The molecule has 0 aliphatic carbocycles. The van der Waals surface area contributed by atoms with Crippen LogP contribution in [0, 0.1) is 11.3 Å². The number of rotatable bonds is 5. The molecule has 2 rings (SSSR count). The van der Waals surface area contributed by atoms with E-state index < -0.39 is 23.6 Å². The molecule has 1 aromatic heterocycles. The third kappa shape index (κ3) is 5.86. The number of thiazole rings is 1. The van der Waals surface area contributed by atoms with E-state index in [2.05, 4.69) is 21.7 Å². The highest BCUT2D eigenvalue weighted by Crippen LogP contribution is 2.15. The first-order chi connectivity index (χ1) is 12.3. The number of aromatic nitrogens is 1. The van der Waals surface area contributed by atoms with E-state index >= 15 is 0 Å². The van der Waals surface area contributed by atoms with Crippen LogP contribution in [0.3, 0.4) is 0 Å². The lowest BCUT2D eigenvalue weighted by Gasteiger charge is -2.23. The van der Waals surface area contributed by atoms with Gasteiger partial charge in [0.1, 0.15) is 11.6 Å². The minimum Gasteiger partial charge on any atom is -0.444 e. The van der Waals surface area contributed by atoms with Gasteiger partial charge < -0.3 is 15.4 Å². The molecule has 0 unspecified atom stereocenters. The molecule has 0 fully saturated rings. The van der Waals surface area contributed by atoms with Crippen LogP contribution >= 0.6 is 11.3 Å². The van der Waals surface area contributed by atoms with Crippen LogP contribution in [-0.2, 0) is 16.0 Å². The van der Waals surface area contributed by atoms with Crippen molar-refractivity contribution in [1.82, 2.24) is 10.3 Å². The maximum atomic E-state index is 12.6. The van der Waals surface area contributed by atoms with Crippen LogP contribution in [0.2, 0.25) is 0 Å². The first kappa shape index (κ1) is 19.4. The van der Waals surface area contributed by atoms with Gasteiger partial charge >= 0.3 is 6.09 Å². The standard InChI is InChI=1S/C18H20N4O3S/c1-18(2,3)25-17(24)21-14(15(23)22-16-20-8-9-26-16)10-12-6-4-5-7-13(12)11-19/h4-9,14H,10H2,1-3H3,(H,21,24)(H,20,22,23)/t14-/m0/s1. The Morgan fingerprint density at radius 3 is 2.69 bits per heavy atom. The summed E-state index contributed by atoms with van der Waals surface area (Å²) in [5, 5.41) is 16.6. The summed E-state index contributed by atoms with van der Waals surface area (Å²) in [7, 11) is 0. The quantitative estimate of drug-likeness (QED) is 0.839. The second kappa shape index (κ2) is 8.45. The molecule has 0 aliphatic rings. The van der Waals surface area contributed by atoms with Gasteiger partial charge in [-0.05, 0) is 32.4 Å². The maximum absolute atomic E-state index is 12.6. The number of nitrogens with zero attached hydrogens (tertiary/aromatic N) is 2. The molecule has 0 bridgehead atoms. The van der Waals surface area contributed by atoms with E-state index in [1.165, 1.54) is 11.3 Å².